The van der Waals surface area contributed by atoms with Crippen LogP contribution in [-0.2, 0) is 27.3 Å². The highest BCUT2D eigenvalue weighted by Crippen LogP contribution is 2.32. The molecule has 2 aromatic heterocycles. The van der Waals surface area contributed by atoms with Gasteiger partial charge in [-0.25, -0.2) is 9.78 Å². The number of hydrogen-bond donors (Lipinski definition) is 1. The summed E-state index contributed by atoms with van der Waals surface area (Å²) in [6, 6.07) is 0. The highest BCUT2D eigenvalue weighted by Gasteiger charge is 2.29. The van der Waals surface area contributed by atoms with Crippen molar-refractivity contribution in [2.45, 2.75) is 33.7 Å². The van der Waals surface area contributed by atoms with Crippen LogP contribution in [0.15, 0.2) is 0 Å². The average Bonchev–Trinajstić information content (AvgIpc) is 2.91. The summed E-state index contributed by atoms with van der Waals surface area (Å²) in [5.41, 5.74) is 6.39. The summed E-state index contributed by atoms with van der Waals surface area (Å²) >= 11 is 0. The van der Waals surface area contributed by atoms with Gasteiger partial charge in [0, 0.05) is 12.2 Å². The predicted octanol–water partition coefficient (Wildman–Crippen LogP) is 0.542. The number of carbonyl (C=O) groups excluding carboxylic acids is 3. The summed E-state index contributed by atoms with van der Waals surface area (Å²) in [6.45, 7) is 5.55. The summed E-state index contributed by atoms with van der Waals surface area (Å²) in [5.74, 6) is -2.08. The molecule has 25 heavy (non-hydrogen) atoms. The van der Waals surface area contributed by atoms with Gasteiger partial charge in [-0.1, -0.05) is 6.92 Å². The van der Waals surface area contributed by atoms with Crippen molar-refractivity contribution in [2.24, 2.45) is 5.73 Å². The Bertz CT molecular complexity index is 856. The van der Waals surface area contributed by atoms with E-state index >= 15 is 0 Å². The summed E-state index contributed by atoms with van der Waals surface area (Å²) < 4.78 is 11.8. The number of ketones is 1. The Morgan fingerprint density at radius 3 is 2.40 bits per heavy atom. The standard InChI is InChI=1S/C16H20N4O5/c1-5-9-11(13(22)14(17)23)12-15(20(9)6-2)18-8(3)19-16(12)25-7-10(21)24-4/h5-7H2,1-4H3,(H2,17,23). The number of aryl methyl sites for hydroxylation is 2. The van der Waals surface area contributed by atoms with Crippen molar-refractivity contribution in [1.29, 1.82) is 0 Å². The molecule has 9 nitrogen and oxygen atoms in total. The number of nitrogens with zero attached hydrogens (tertiary/aromatic N) is 3. The lowest BCUT2D eigenvalue weighted by Gasteiger charge is -2.08. The molecule has 9 heteroatoms. The molecule has 1 amide bonds. The molecular formula is C16H20N4O5. The number of carbonyl (C=O) groups is 3. The fraction of sp³-hybridized carbons (Fsp3) is 0.438. The Labute approximate surface area is 144 Å². The third-order valence-corrected chi connectivity index (χ3v) is 3.74. The van der Waals surface area contributed by atoms with Gasteiger partial charge in [0.2, 0.25) is 5.88 Å². The second kappa shape index (κ2) is 7.29. The van der Waals surface area contributed by atoms with Crippen LogP contribution in [-0.4, -0.2) is 45.9 Å². The Kier molecular flexibility index (Phi) is 5.35. The Balaban J connectivity index is 2.80. The maximum atomic E-state index is 12.4. The monoisotopic (exact) mass is 348 g/mol. The second-order valence-electron chi connectivity index (χ2n) is 5.25. The third-order valence-electron chi connectivity index (χ3n) is 3.74. The van der Waals surface area contributed by atoms with Gasteiger partial charge < -0.3 is 19.8 Å². The van der Waals surface area contributed by atoms with Crippen molar-refractivity contribution in [3.63, 3.8) is 0 Å². The number of methoxy groups -OCH3 is 1. The van der Waals surface area contributed by atoms with Gasteiger partial charge in [-0.2, -0.15) is 4.98 Å². The van der Waals surface area contributed by atoms with E-state index in [1.54, 1.807) is 6.92 Å². The zero-order chi connectivity index (χ0) is 18.7. The van der Waals surface area contributed by atoms with Crippen LogP contribution in [0.1, 0.15) is 35.7 Å². The van der Waals surface area contributed by atoms with Crippen molar-refractivity contribution in [3.8, 4) is 5.88 Å². The molecular weight excluding hydrogens is 328 g/mol. The van der Waals surface area contributed by atoms with Crippen LogP contribution in [0.2, 0.25) is 0 Å². The van der Waals surface area contributed by atoms with Crippen molar-refractivity contribution in [3.05, 3.63) is 17.1 Å². The molecule has 0 bridgehead atoms. The quantitative estimate of drug-likeness (QED) is 0.439. The number of fused-ring (bicyclic) bond motifs is 1. The largest absolute Gasteiger partial charge is 0.466 e. The van der Waals surface area contributed by atoms with Crippen LogP contribution in [0, 0.1) is 6.92 Å². The van der Waals surface area contributed by atoms with E-state index in [1.165, 1.54) is 7.11 Å². The number of nitrogens with two attached hydrogens (primary N) is 1. The van der Waals surface area contributed by atoms with Gasteiger partial charge in [0.05, 0.1) is 18.1 Å². The fourth-order valence-corrected chi connectivity index (χ4v) is 2.72. The van der Waals surface area contributed by atoms with Crippen molar-refractivity contribution in [2.75, 3.05) is 13.7 Å². The minimum Gasteiger partial charge on any atom is -0.466 e. The lowest BCUT2D eigenvalue weighted by Crippen LogP contribution is -2.24. The molecule has 2 N–H and O–H groups in total. The molecule has 0 aliphatic carbocycles. The van der Waals surface area contributed by atoms with Gasteiger partial charge in [-0.15, -0.1) is 0 Å². The first-order valence-corrected chi connectivity index (χ1v) is 7.79. The Hall–Kier alpha value is -2.97. The Morgan fingerprint density at radius 2 is 1.88 bits per heavy atom. The molecule has 0 saturated carbocycles. The van der Waals surface area contributed by atoms with Crippen LogP contribution >= 0.6 is 0 Å². The lowest BCUT2D eigenvalue weighted by atomic mass is 10.1. The number of primary amides is 1. The minimum atomic E-state index is -1.08. The number of hydrogen-bond acceptors (Lipinski definition) is 7. The van der Waals surface area contributed by atoms with Crippen molar-refractivity contribution < 1.29 is 23.9 Å². The number of rotatable bonds is 7. The SMILES string of the molecule is CCc1c(C(=O)C(N)=O)c2c(OCC(=O)OC)nc(C)nc2n1CC. The zero-order valence-electron chi connectivity index (χ0n) is 14.6. The van der Waals surface area contributed by atoms with E-state index in [0.29, 0.717) is 30.1 Å². The number of Topliss-reactive ketones (excluding diaryl/α,β-unsaturated/α-hetero) is 1. The molecule has 0 saturated heterocycles. The number of ether oxygens (including phenoxy) is 2. The van der Waals surface area contributed by atoms with Gasteiger partial charge in [-0.05, 0) is 20.3 Å². The molecule has 0 fully saturated rings. The molecule has 0 aromatic carbocycles. The van der Waals surface area contributed by atoms with E-state index in [9.17, 15) is 14.4 Å². The van der Waals surface area contributed by atoms with Gasteiger partial charge in [0.15, 0.2) is 6.61 Å². The normalized spacial score (nSPS) is 10.7. The molecule has 0 aliphatic rings. The van der Waals surface area contributed by atoms with Gasteiger partial charge in [0.1, 0.15) is 11.5 Å². The second-order valence-corrected chi connectivity index (χ2v) is 5.25. The van der Waals surface area contributed by atoms with Crippen molar-refractivity contribution in [1.82, 2.24) is 14.5 Å². The summed E-state index contributed by atoms with van der Waals surface area (Å²) in [7, 11) is 1.23. The minimum absolute atomic E-state index is 0.0411. The van der Waals surface area contributed by atoms with E-state index in [1.807, 2.05) is 18.4 Å². The van der Waals surface area contributed by atoms with Crippen LogP contribution in [0.4, 0.5) is 0 Å². The number of aromatic nitrogens is 3. The van der Waals surface area contributed by atoms with E-state index < -0.39 is 17.7 Å². The van der Waals surface area contributed by atoms with Gasteiger partial charge in [0.25, 0.3) is 11.7 Å². The summed E-state index contributed by atoms with van der Waals surface area (Å²) in [5, 5.41) is 0.275. The molecule has 2 heterocycles. The Morgan fingerprint density at radius 1 is 1.20 bits per heavy atom. The molecule has 0 aliphatic heterocycles. The summed E-state index contributed by atoms with van der Waals surface area (Å²) in [6.07, 6.45) is 0.480. The lowest BCUT2D eigenvalue weighted by molar-refractivity contribution is -0.143. The number of amides is 1. The molecule has 0 radical (unpaired) electrons. The molecule has 2 rings (SSSR count). The molecule has 0 atom stereocenters. The molecule has 0 unspecified atom stereocenters. The highest BCUT2D eigenvalue weighted by molar-refractivity contribution is 6.45. The molecule has 2 aromatic rings. The third kappa shape index (κ3) is 3.30. The van der Waals surface area contributed by atoms with Gasteiger partial charge in [-0.3, -0.25) is 9.59 Å². The van der Waals surface area contributed by atoms with E-state index in [0.717, 1.165) is 0 Å². The first-order valence-electron chi connectivity index (χ1n) is 7.79. The topological polar surface area (TPSA) is 126 Å². The average molecular weight is 348 g/mol. The summed E-state index contributed by atoms with van der Waals surface area (Å²) in [4.78, 5) is 43.8. The van der Waals surface area contributed by atoms with Crippen LogP contribution < -0.4 is 10.5 Å². The maximum Gasteiger partial charge on any atom is 0.343 e. The van der Waals surface area contributed by atoms with E-state index in [-0.39, 0.29) is 23.4 Å². The fourth-order valence-electron chi connectivity index (χ4n) is 2.72. The zero-order valence-corrected chi connectivity index (χ0v) is 14.6. The highest BCUT2D eigenvalue weighted by atomic mass is 16.6. The smallest absolute Gasteiger partial charge is 0.343 e. The molecule has 134 valence electrons. The van der Waals surface area contributed by atoms with Crippen molar-refractivity contribution >= 4 is 28.7 Å². The first kappa shape index (κ1) is 18.4. The van der Waals surface area contributed by atoms with Crippen LogP contribution in [0.5, 0.6) is 5.88 Å². The number of esters is 1. The maximum absolute atomic E-state index is 12.4. The van der Waals surface area contributed by atoms with E-state index in [4.69, 9.17) is 10.5 Å². The predicted molar refractivity (Wildman–Crippen MR) is 88.4 cm³/mol. The van der Waals surface area contributed by atoms with E-state index in [2.05, 4.69) is 14.7 Å². The van der Waals surface area contributed by atoms with Crippen LogP contribution in [0.25, 0.3) is 11.0 Å². The van der Waals surface area contributed by atoms with Gasteiger partial charge >= 0.3 is 5.97 Å². The first-order chi connectivity index (χ1) is 11.8. The van der Waals surface area contributed by atoms with Crippen LogP contribution in [0.3, 0.4) is 0 Å². The molecule has 0 spiro atoms.